The third kappa shape index (κ3) is 3.95. The Balaban J connectivity index is 1.69. The second-order valence-corrected chi connectivity index (χ2v) is 9.04. The highest BCUT2D eigenvalue weighted by Gasteiger charge is 2.34. The summed E-state index contributed by atoms with van der Waals surface area (Å²) >= 11 is 0. The topological polar surface area (TPSA) is 66.7 Å². The van der Waals surface area contributed by atoms with Gasteiger partial charge in [0.2, 0.25) is 0 Å². The molecule has 156 valence electrons. The molecule has 6 heteroatoms. The number of fused-ring (bicyclic) bond motifs is 1. The van der Waals surface area contributed by atoms with Gasteiger partial charge in [0.15, 0.2) is 5.69 Å². The van der Waals surface area contributed by atoms with Crippen LogP contribution in [0.1, 0.15) is 66.3 Å². The molecule has 1 fully saturated rings. The molecule has 0 spiro atoms. The molecule has 0 aliphatic carbocycles. The molecule has 1 aliphatic heterocycles. The summed E-state index contributed by atoms with van der Waals surface area (Å²) in [5.74, 6) is 0.566. The van der Waals surface area contributed by atoms with Gasteiger partial charge in [-0.1, -0.05) is 45.0 Å². The van der Waals surface area contributed by atoms with E-state index >= 15 is 0 Å². The molecule has 30 heavy (non-hydrogen) atoms. The maximum absolute atomic E-state index is 13.1. The van der Waals surface area contributed by atoms with E-state index < -0.39 is 0 Å². The number of nitrogens with zero attached hydrogens (tertiary/aromatic N) is 3. The Morgan fingerprint density at radius 1 is 1.10 bits per heavy atom. The molecule has 0 radical (unpaired) electrons. The van der Waals surface area contributed by atoms with Crippen LogP contribution in [-0.4, -0.2) is 39.2 Å². The molecule has 0 bridgehead atoms. The molecule has 6 nitrogen and oxygen atoms in total. The van der Waals surface area contributed by atoms with Crippen molar-refractivity contribution in [3.63, 3.8) is 0 Å². The second-order valence-electron chi connectivity index (χ2n) is 9.04. The highest BCUT2D eigenvalue weighted by atomic mass is 16.2. The van der Waals surface area contributed by atoms with E-state index in [1.54, 1.807) is 0 Å². The summed E-state index contributed by atoms with van der Waals surface area (Å²) in [6.45, 7) is 7.49. The van der Waals surface area contributed by atoms with Crippen molar-refractivity contribution < 1.29 is 9.59 Å². The molecular weight excluding hydrogens is 376 g/mol. The summed E-state index contributed by atoms with van der Waals surface area (Å²) in [4.78, 5) is 32.7. The zero-order valence-electron chi connectivity index (χ0n) is 17.8. The van der Waals surface area contributed by atoms with Crippen LogP contribution in [0, 0.1) is 5.41 Å². The first kappa shape index (κ1) is 20.1. The Morgan fingerprint density at radius 2 is 1.83 bits per heavy atom. The van der Waals surface area contributed by atoms with Gasteiger partial charge >= 0.3 is 0 Å². The monoisotopic (exact) mass is 404 g/mol. The summed E-state index contributed by atoms with van der Waals surface area (Å²) in [7, 11) is 0. The standard InChI is InChI=1S/C24H28N4O2/c1-24(2,3)16-25-22(29)20-18-12-7-8-14-27(18)21(26-20)19-13-9-15-28(19)23(30)17-10-5-4-6-11-17/h4-8,10-12,14,19H,9,13,15-16H2,1-3H3,(H,25,29)/t19-/m1/s1. The zero-order chi connectivity index (χ0) is 21.3. The van der Waals surface area contributed by atoms with Crippen LogP contribution in [0.2, 0.25) is 0 Å². The van der Waals surface area contributed by atoms with E-state index in [1.807, 2.05) is 64.0 Å². The maximum atomic E-state index is 13.1. The third-order valence-corrected chi connectivity index (χ3v) is 5.40. The minimum atomic E-state index is -0.182. The Labute approximate surface area is 176 Å². The number of hydrogen-bond acceptors (Lipinski definition) is 3. The average Bonchev–Trinajstić information content (AvgIpc) is 3.36. The molecule has 0 saturated carbocycles. The van der Waals surface area contributed by atoms with Crippen molar-refractivity contribution >= 4 is 17.3 Å². The van der Waals surface area contributed by atoms with Gasteiger partial charge in [-0.3, -0.25) is 9.59 Å². The lowest BCUT2D eigenvalue weighted by molar-refractivity contribution is 0.0729. The number of nitrogens with one attached hydrogen (secondary N) is 1. The zero-order valence-corrected chi connectivity index (χ0v) is 17.8. The van der Waals surface area contributed by atoms with E-state index in [-0.39, 0.29) is 23.3 Å². The number of carbonyl (C=O) groups excluding carboxylic acids is 2. The predicted octanol–water partition coefficient (Wildman–Crippen LogP) is 4.09. The van der Waals surface area contributed by atoms with Crippen LogP contribution in [0.25, 0.3) is 5.52 Å². The van der Waals surface area contributed by atoms with E-state index in [0.29, 0.717) is 24.3 Å². The molecule has 3 aromatic rings. The number of aromatic nitrogens is 2. The van der Waals surface area contributed by atoms with Crippen LogP contribution >= 0.6 is 0 Å². The summed E-state index contributed by atoms with van der Waals surface area (Å²) in [5.41, 5.74) is 1.83. The lowest BCUT2D eigenvalue weighted by Gasteiger charge is -2.24. The molecule has 4 rings (SSSR count). The van der Waals surface area contributed by atoms with Crippen LogP contribution < -0.4 is 5.32 Å². The van der Waals surface area contributed by atoms with Crippen molar-refractivity contribution in [3.8, 4) is 0 Å². The molecule has 1 atom stereocenters. The van der Waals surface area contributed by atoms with Gasteiger partial charge in [-0.05, 0) is 42.5 Å². The molecule has 0 unspecified atom stereocenters. The number of benzene rings is 1. The summed E-state index contributed by atoms with van der Waals surface area (Å²) in [5, 5.41) is 3.00. The van der Waals surface area contributed by atoms with E-state index in [0.717, 1.165) is 24.2 Å². The van der Waals surface area contributed by atoms with Crippen LogP contribution in [0.15, 0.2) is 54.7 Å². The van der Waals surface area contributed by atoms with Crippen LogP contribution in [0.3, 0.4) is 0 Å². The predicted molar refractivity (Wildman–Crippen MR) is 116 cm³/mol. The van der Waals surface area contributed by atoms with Crippen molar-refractivity contribution in [1.29, 1.82) is 0 Å². The Kier molecular flexibility index (Phi) is 5.33. The first-order valence-electron chi connectivity index (χ1n) is 10.5. The lowest BCUT2D eigenvalue weighted by atomic mass is 9.97. The fourth-order valence-electron chi connectivity index (χ4n) is 3.92. The van der Waals surface area contributed by atoms with Gasteiger partial charge in [0.05, 0.1) is 11.6 Å². The number of rotatable bonds is 4. The van der Waals surface area contributed by atoms with Gasteiger partial charge in [-0.2, -0.15) is 0 Å². The highest BCUT2D eigenvalue weighted by Crippen LogP contribution is 2.33. The number of pyridine rings is 1. The lowest BCUT2D eigenvalue weighted by Crippen LogP contribution is -2.33. The van der Waals surface area contributed by atoms with Crippen LogP contribution in [0.5, 0.6) is 0 Å². The Bertz CT molecular complexity index is 1070. The van der Waals surface area contributed by atoms with Gasteiger partial charge in [0, 0.05) is 24.8 Å². The highest BCUT2D eigenvalue weighted by molar-refractivity contribution is 5.99. The van der Waals surface area contributed by atoms with E-state index in [2.05, 4.69) is 26.1 Å². The normalized spacial score (nSPS) is 16.8. The SMILES string of the molecule is CC(C)(C)CNC(=O)c1nc([C@H]2CCCN2C(=O)c2ccccc2)n2ccccc12. The number of likely N-dealkylation sites (tertiary alicyclic amines) is 1. The molecule has 1 aliphatic rings. The Hall–Kier alpha value is -3.15. The molecular formula is C24H28N4O2. The number of hydrogen-bond donors (Lipinski definition) is 1. The molecule has 1 saturated heterocycles. The average molecular weight is 405 g/mol. The largest absolute Gasteiger partial charge is 0.350 e. The van der Waals surface area contributed by atoms with Gasteiger partial charge in [0.25, 0.3) is 11.8 Å². The fourth-order valence-corrected chi connectivity index (χ4v) is 3.92. The van der Waals surface area contributed by atoms with Gasteiger partial charge in [0.1, 0.15) is 5.82 Å². The van der Waals surface area contributed by atoms with Crippen LogP contribution in [0.4, 0.5) is 0 Å². The summed E-state index contributed by atoms with van der Waals surface area (Å²) in [6, 6.07) is 14.9. The minimum absolute atomic E-state index is 0.00418. The fraction of sp³-hybridized carbons (Fsp3) is 0.375. The number of amides is 2. The van der Waals surface area contributed by atoms with Gasteiger partial charge in [-0.15, -0.1) is 0 Å². The quantitative estimate of drug-likeness (QED) is 0.712. The second kappa shape index (κ2) is 7.94. The Morgan fingerprint density at radius 3 is 2.57 bits per heavy atom. The smallest absolute Gasteiger partial charge is 0.272 e. The molecule has 2 aromatic heterocycles. The van der Waals surface area contributed by atoms with Crippen molar-refractivity contribution in [2.24, 2.45) is 5.41 Å². The van der Waals surface area contributed by atoms with E-state index in [9.17, 15) is 9.59 Å². The van der Waals surface area contributed by atoms with Crippen molar-refractivity contribution in [2.45, 2.75) is 39.7 Å². The summed E-state index contributed by atoms with van der Waals surface area (Å²) in [6.07, 6.45) is 3.66. The maximum Gasteiger partial charge on any atom is 0.272 e. The first-order chi connectivity index (χ1) is 14.3. The van der Waals surface area contributed by atoms with Crippen LogP contribution in [-0.2, 0) is 0 Å². The summed E-state index contributed by atoms with van der Waals surface area (Å²) < 4.78 is 1.95. The molecule has 2 amide bonds. The molecule has 1 aromatic carbocycles. The number of imidazole rings is 1. The minimum Gasteiger partial charge on any atom is -0.350 e. The van der Waals surface area contributed by atoms with Crippen molar-refractivity contribution in [3.05, 3.63) is 71.8 Å². The molecule has 3 heterocycles. The number of carbonyl (C=O) groups is 2. The van der Waals surface area contributed by atoms with Crippen molar-refractivity contribution in [1.82, 2.24) is 19.6 Å². The van der Waals surface area contributed by atoms with Gasteiger partial charge in [-0.25, -0.2) is 4.98 Å². The van der Waals surface area contributed by atoms with Crippen molar-refractivity contribution in [2.75, 3.05) is 13.1 Å². The van der Waals surface area contributed by atoms with Gasteiger partial charge < -0.3 is 14.6 Å². The van der Waals surface area contributed by atoms with E-state index in [4.69, 9.17) is 4.98 Å². The first-order valence-corrected chi connectivity index (χ1v) is 10.5. The third-order valence-electron chi connectivity index (χ3n) is 5.40. The van der Waals surface area contributed by atoms with E-state index in [1.165, 1.54) is 0 Å². The molecule has 1 N–H and O–H groups in total.